The van der Waals surface area contributed by atoms with Crippen molar-refractivity contribution in [2.75, 3.05) is 4.31 Å². The number of benzene rings is 3. The van der Waals surface area contributed by atoms with Crippen LogP contribution in [0.4, 0.5) is 5.69 Å². The number of hydrogen-bond acceptors (Lipinski definition) is 3. The van der Waals surface area contributed by atoms with Crippen LogP contribution in [0, 0.1) is 6.92 Å². The van der Waals surface area contributed by atoms with Gasteiger partial charge < -0.3 is 4.74 Å². The molecule has 0 saturated heterocycles. The maximum absolute atomic E-state index is 13.5. The number of fused-ring (bicyclic) bond motifs is 5. The van der Waals surface area contributed by atoms with Crippen molar-refractivity contribution in [3.63, 3.8) is 0 Å². The summed E-state index contributed by atoms with van der Waals surface area (Å²) >= 11 is 0. The molecule has 2 atom stereocenters. The summed E-state index contributed by atoms with van der Waals surface area (Å²) in [4.78, 5) is 0.294. The molecule has 0 bridgehead atoms. The third-order valence-corrected chi connectivity index (χ3v) is 6.90. The molecule has 3 aromatic rings. The quantitative estimate of drug-likeness (QED) is 0.679. The van der Waals surface area contributed by atoms with Crippen molar-refractivity contribution >= 4 is 15.7 Å². The molecule has 0 amide bonds. The summed E-state index contributed by atoms with van der Waals surface area (Å²) in [6, 6.07) is 21.9. The predicted octanol–water partition coefficient (Wildman–Crippen LogP) is 4.38. The third kappa shape index (κ3) is 2.04. The minimum absolute atomic E-state index is 0.294. The first kappa shape index (κ1) is 15.5. The number of anilines is 1. The van der Waals surface area contributed by atoms with E-state index in [2.05, 4.69) is 0 Å². The number of sulfonamides is 1. The Morgan fingerprint density at radius 2 is 1.50 bits per heavy atom. The van der Waals surface area contributed by atoms with E-state index < -0.39 is 10.0 Å². The fourth-order valence-corrected chi connectivity index (χ4v) is 5.52. The molecule has 2 aliphatic rings. The van der Waals surface area contributed by atoms with Gasteiger partial charge in [0.1, 0.15) is 11.8 Å². The van der Waals surface area contributed by atoms with Gasteiger partial charge in [0, 0.05) is 11.1 Å². The van der Waals surface area contributed by atoms with Gasteiger partial charge in [-0.1, -0.05) is 54.1 Å². The average molecular weight is 363 g/mol. The van der Waals surface area contributed by atoms with Crippen molar-refractivity contribution in [2.24, 2.45) is 0 Å². The number of ether oxygens (including phenoxy) is 1. The van der Waals surface area contributed by atoms with Crippen LogP contribution in [-0.4, -0.2) is 8.42 Å². The molecule has 0 saturated carbocycles. The van der Waals surface area contributed by atoms with Crippen molar-refractivity contribution in [1.82, 2.24) is 0 Å². The van der Waals surface area contributed by atoms with Crippen molar-refractivity contribution < 1.29 is 13.2 Å². The number of rotatable bonds is 2. The lowest BCUT2D eigenvalue weighted by molar-refractivity contribution is 0.224. The first-order valence-corrected chi connectivity index (χ1v) is 9.97. The molecule has 0 spiro atoms. The smallest absolute Gasteiger partial charge is 0.265 e. The molecule has 0 fully saturated rings. The molecule has 26 heavy (non-hydrogen) atoms. The zero-order valence-electron chi connectivity index (χ0n) is 14.2. The highest BCUT2D eigenvalue weighted by Gasteiger charge is 2.51. The first-order valence-electron chi connectivity index (χ1n) is 8.53. The van der Waals surface area contributed by atoms with E-state index in [-0.39, 0.29) is 12.1 Å². The van der Waals surface area contributed by atoms with E-state index in [9.17, 15) is 8.42 Å². The maximum atomic E-state index is 13.5. The molecule has 0 unspecified atom stereocenters. The van der Waals surface area contributed by atoms with Crippen LogP contribution in [-0.2, 0) is 10.0 Å². The van der Waals surface area contributed by atoms with Gasteiger partial charge >= 0.3 is 0 Å². The summed E-state index contributed by atoms with van der Waals surface area (Å²) in [5.41, 5.74) is 3.53. The number of para-hydroxylation sites is 2. The Morgan fingerprint density at radius 1 is 0.846 bits per heavy atom. The normalized spacial score (nSPS) is 20.3. The van der Waals surface area contributed by atoms with Crippen LogP contribution in [0.3, 0.4) is 0 Å². The van der Waals surface area contributed by atoms with E-state index in [1.54, 1.807) is 12.1 Å². The molecule has 2 heterocycles. The van der Waals surface area contributed by atoms with Crippen molar-refractivity contribution in [2.45, 2.75) is 24.0 Å². The molecule has 0 radical (unpaired) electrons. The lowest BCUT2D eigenvalue weighted by Gasteiger charge is -2.26. The Balaban J connectivity index is 1.73. The number of aryl methyl sites for hydroxylation is 1. The average Bonchev–Trinajstić information content (AvgIpc) is 3.17. The fourth-order valence-electron chi connectivity index (χ4n) is 3.86. The van der Waals surface area contributed by atoms with Crippen LogP contribution >= 0.6 is 0 Å². The van der Waals surface area contributed by atoms with Crippen LogP contribution in [0.15, 0.2) is 77.7 Å². The van der Waals surface area contributed by atoms with Gasteiger partial charge in [-0.05, 0) is 31.2 Å². The van der Waals surface area contributed by atoms with E-state index in [0.29, 0.717) is 10.6 Å². The van der Waals surface area contributed by atoms with Gasteiger partial charge in [-0.2, -0.15) is 0 Å². The van der Waals surface area contributed by atoms with Gasteiger partial charge in [0.25, 0.3) is 10.0 Å². The maximum Gasteiger partial charge on any atom is 0.265 e. The molecule has 4 nitrogen and oxygen atoms in total. The monoisotopic (exact) mass is 363 g/mol. The second-order valence-corrected chi connectivity index (χ2v) is 8.51. The van der Waals surface area contributed by atoms with Gasteiger partial charge in [-0.3, -0.25) is 4.31 Å². The molecule has 5 rings (SSSR count). The molecular weight excluding hydrogens is 346 g/mol. The summed E-state index contributed by atoms with van der Waals surface area (Å²) in [7, 11) is -3.71. The summed E-state index contributed by atoms with van der Waals surface area (Å²) in [5.74, 6) is 0.751. The van der Waals surface area contributed by atoms with Gasteiger partial charge in [0.2, 0.25) is 0 Å². The van der Waals surface area contributed by atoms with Crippen LogP contribution in [0.1, 0.15) is 28.8 Å². The zero-order chi connectivity index (χ0) is 17.9. The molecule has 0 aliphatic carbocycles. The summed E-state index contributed by atoms with van der Waals surface area (Å²) in [5, 5.41) is 0. The molecule has 5 heteroatoms. The fraction of sp³-hybridized carbons (Fsp3) is 0.143. The lowest BCUT2D eigenvalue weighted by atomic mass is 10.0. The van der Waals surface area contributed by atoms with E-state index >= 15 is 0 Å². The van der Waals surface area contributed by atoms with Crippen molar-refractivity contribution in [1.29, 1.82) is 0 Å². The minimum Gasteiger partial charge on any atom is -0.483 e. The topological polar surface area (TPSA) is 46.6 Å². The highest BCUT2D eigenvalue weighted by molar-refractivity contribution is 7.92. The van der Waals surface area contributed by atoms with Crippen molar-refractivity contribution in [3.8, 4) is 5.75 Å². The van der Waals surface area contributed by atoms with Gasteiger partial charge in [-0.25, -0.2) is 8.42 Å². The van der Waals surface area contributed by atoms with E-state index in [1.807, 2.05) is 67.6 Å². The number of nitrogens with zero attached hydrogens (tertiary/aromatic N) is 1. The van der Waals surface area contributed by atoms with Gasteiger partial charge in [-0.15, -0.1) is 0 Å². The Hall–Kier alpha value is -2.79. The zero-order valence-corrected chi connectivity index (χ0v) is 15.0. The Labute approximate surface area is 152 Å². The van der Waals surface area contributed by atoms with Crippen LogP contribution in [0.2, 0.25) is 0 Å². The Bertz CT molecular complexity index is 1110. The Kier molecular flexibility index (Phi) is 3.18. The Morgan fingerprint density at radius 3 is 2.27 bits per heavy atom. The highest BCUT2D eigenvalue weighted by atomic mass is 32.2. The molecule has 130 valence electrons. The second-order valence-electron chi connectivity index (χ2n) is 6.69. The summed E-state index contributed by atoms with van der Waals surface area (Å²) < 4.78 is 34.7. The largest absolute Gasteiger partial charge is 0.483 e. The minimum atomic E-state index is -3.71. The highest BCUT2D eigenvalue weighted by Crippen LogP contribution is 2.57. The summed E-state index contributed by atoms with van der Waals surface area (Å²) in [6.07, 6.45) is -0.316. The second kappa shape index (κ2) is 5.35. The van der Waals surface area contributed by atoms with Crippen molar-refractivity contribution in [3.05, 3.63) is 89.5 Å². The van der Waals surface area contributed by atoms with Gasteiger partial charge in [0.05, 0.1) is 10.6 Å². The molecule has 0 aromatic heterocycles. The van der Waals surface area contributed by atoms with Crippen LogP contribution in [0.25, 0.3) is 0 Å². The van der Waals surface area contributed by atoms with Gasteiger partial charge in [0.15, 0.2) is 6.10 Å². The standard InChI is InChI=1S/C21H17NO3S/c1-14-10-12-15(13-11-14)26(23,24)22-18-8-4-2-6-16(18)21-20(22)17-7-3-5-9-19(17)25-21/h2-13,20-21H,1H3/t20-,21-/m0/s1. The van der Waals surface area contributed by atoms with E-state index in [0.717, 1.165) is 22.4 Å². The molecular formula is C21H17NO3S. The summed E-state index contributed by atoms with van der Waals surface area (Å²) in [6.45, 7) is 1.94. The molecule has 0 N–H and O–H groups in total. The SMILES string of the molecule is Cc1ccc(S(=O)(=O)N2c3ccccc3[C@@H]3Oc4ccccc4[C@@H]32)cc1. The van der Waals surface area contributed by atoms with E-state index in [4.69, 9.17) is 4.74 Å². The predicted molar refractivity (Wildman–Crippen MR) is 99.8 cm³/mol. The molecule has 2 aliphatic heterocycles. The lowest BCUT2D eigenvalue weighted by Crippen LogP contribution is -2.32. The first-order chi connectivity index (χ1) is 12.6. The van der Waals surface area contributed by atoms with E-state index in [1.165, 1.54) is 4.31 Å². The van der Waals surface area contributed by atoms with Crippen LogP contribution in [0.5, 0.6) is 5.75 Å². The number of hydrogen-bond donors (Lipinski definition) is 0. The molecule has 3 aromatic carbocycles. The third-order valence-electron chi connectivity index (χ3n) is 5.09. The van der Waals surface area contributed by atoms with Crippen LogP contribution < -0.4 is 9.04 Å².